The molecule has 0 heterocycles. The number of carbonyl (C=O) groups is 2. The average Bonchev–Trinajstić information content (AvgIpc) is 2.55. The highest BCUT2D eigenvalue weighted by Gasteiger charge is 2.33. The molecule has 0 aliphatic heterocycles. The Labute approximate surface area is 153 Å². The molecular weight excluding hydrogens is 345 g/mol. The van der Waals surface area contributed by atoms with Gasteiger partial charge < -0.3 is 10.1 Å². The van der Waals surface area contributed by atoms with Crippen molar-refractivity contribution in [2.75, 3.05) is 11.9 Å². The summed E-state index contributed by atoms with van der Waals surface area (Å²) >= 11 is 5.77. The van der Waals surface area contributed by atoms with Crippen LogP contribution in [0.4, 0.5) is 10.1 Å². The van der Waals surface area contributed by atoms with E-state index in [1.165, 1.54) is 12.1 Å². The van der Waals surface area contributed by atoms with Gasteiger partial charge in [0.15, 0.2) is 6.61 Å². The number of carbonyl (C=O) groups excluding carboxylic acids is 2. The standard InChI is InChI=1S/C19H25ClFNO3/c1-19(2,3)13-6-4-12(5-7-13)18(24)25-11-17(23)22-16-10-14(20)8-9-15(16)21/h8-10,12-13H,4-7,11H2,1-3H3,(H,22,23). The minimum Gasteiger partial charge on any atom is -0.455 e. The molecule has 0 saturated heterocycles. The molecule has 6 heteroatoms. The van der Waals surface area contributed by atoms with E-state index in [0.717, 1.165) is 31.7 Å². The largest absolute Gasteiger partial charge is 0.455 e. The summed E-state index contributed by atoms with van der Waals surface area (Å²) in [6, 6.07) is 3.86. The van der Waals surface area contributed by atoms with E-state index < -0.39 is 18.3 Å². The summed E-state index contributed by atoms with van der Waals surface area (Å²) in [7, 11) is 0. The Bertz CT molecular complexity index is 634. The Kier molecular flexibility index (Phi) is 6.44. The number of nitrogens with one attached hydrogen (secondary N) is 1. The summed E-state index contributed by atoms with van der Waals surface area (Å²) in [5.74, 6) is -1.09. The molecule has 0 radical (unpaired) electrons. The molecule has 1 aliphatic rings. The fourth-order valence-corrected chi connectivity index (χ4v) is 3.40. The Morgan fingerprint density at radius 1 is 1.24 bits per heavy atom. The molecule has 0 spiro atoms. The van der Waals surface area contributed by atoms with E-state index in [0.29, 0.717) is 10.9 Å². The maximum absolute atomic E-state index is 13.6. The van der Waals surface area contributed by atoms with Crippen molar-refractivity contribution in [3.63, 3.8) is 0 Å². The SMILES string of the molecule is CC(C)(C)C1CCC(C(=O)OCC(=O)Nc2cc(Cl)ccc2F)CC1. The van der Waals surface area contributed by atoms with Crippen LogP contribution in [0.2, 0.25) is 5.02 Å². The molecule has 1 fully saturated rings. The van der Waals surface area contributed by atoms with Crippen LogP contribution in [0.5, 0.6) is 0 Å². The van der Waals surface area contributed by atoms with Gasteiger partial charge in [0.05, 0.1) is 11.6 Å². The van der Waals surface area contributed by atoms with Gasteiger partial charge in [-0.1, -0.05) is 32.4 Å². The minimum atomic E-state index is -0.593. The third-order valence-corrected chi connectivity index (χ3v) is 5.07. The zero-order valence-corrected chi connectivity index (χ0v) is 15.7. The van der Waals surface area contributed by atoms with Crippen molar-refractivity contribution in [3.05, 3.63) is 29.0 Å². The number of benzene rings is 1. The zero-order chi connectivity index (χ0) is 18.6. The van der Waals surface area contributed by atoms with Gasteiger partial charge in [-0.05, 0) is 55.2 Å². The molecule has 0 unspecified atom stereocenters. The maximum Gasteiger partial charge on any atom is 0.309 e. The molecule has 138 valence electrons. The molecule has 1 saturated carbocycles. The molecule has 1 aromatic carbocycles. The number of anilines is 1. The van der Waals surface area contributed by atoms with E-state index >= 15 is 0 Å². The summed E-state index contributed by atoms with van der Waals surface area (Å²) in [5.41, 5.74) is 0.217. The highest BCUT2D eigenvalue weighted by molar-refractivity contribution is 6.30. The molecule has 1 aliphatic carbocycles. The van der Waals surface area contributed by atoms with Gasteiger partial charge in [0.25, 0.3) is 5.91 Å². The summed E-state index contributed by atoms with van der Waals surface area (Å²) in [5, 5.41) is 2.67. The first-order chi connectivity index (χ1) is 11.7. The predicted molar refractivity (Wildman–Crippen MR) is 95.9 cm³/mol. The van der Waals surface area contributed by atoms with Gasteiger partial charge in [-0.3, -0.25) is 9.59 Å². The second kappa shape index (κ2) is 8.17. The van der Waals surface area contributed by atoms with Crippen LogP contribution in [-0.2, 0) is 14.3 Å². The first-order valence-corrected chi connectivity index (χ1v) is 8.96. The lowest BCUT2D eigenvalue weighted by Crippen LogP contribution is -2.31. The number of amides is 1. The van der Waals surface area contributed by atoms with Crippen molar-refractivity contribution >= 4 is 29.2 Å². The van der Waals surface area contributed by atoms with Gasteiger partial charge in [0.2, 0.25) is 0 Å². The van der Waals surface area contributed by atoms with Gasteiger partial charge in [-0.2, -0.15) is 0 Å². The van der Waals surface area contributed by atoms with Crippen LogP contribution in [0.3, 0.4) is 0 Å². The summed E-state index contributed by atoms with van der Waals surface area (Å²) in [6.45, 7) is 6.23. The second-order valence-electron chi connectivity index (χ2n) is 7.69. The number of esters is 1. The number of halogens is 2. The van der Waals surface area contributed by atoms with Crippen LogP contribution in [0.15, 0.2) is 18.2 Å². The predicted octanol–water partition coefficient (Wildman–Crippen LogP) is 4.81. The lowest BCUT2D eigenvalue weighted by Gasteiger charge is -2.36. The third-order valence-electron chi connectivity index (χ3n) is 4.83. The van der Waals surface area contributed by atoms with Crippen LogP contribution in [-0.4, -0.2) is 18.5 Å². The van der Waals surface area contributed by atoms with E-state index in [1.54, 1.807) is 0 Å². The van der Waals surface area contributed by atoms with Crippen molar-refractivity contribution in [2.24, 2.45) is 17.3 Å². The molecule has 0 bridgehead atoms. The molecule has 2 rings (SSSR count). The van der Waals surface area contributed by atoms with E-state index in [2.05, 4.69) is 26.1 Å². The maximum atomic E-state index is 13.6. The molecule has 0 atom stereocenters. The monoisotopic (exact) mass is 369 g/mol. The average molecular weight is 370 g/mol. The lowest BCUT2D eigenvalue weighted by molar-refractivity contribution is -0.153. The molecule has 4 nitrogen and oxygen atoms in total. The summed E-state index contributed by atoms with van der Waals surface area (Å²) < 4.78 is 18.7. The Morgan fingerprint density at radius 2 is 1.88 bits per heavy atom. The highest BCUT2D eigenvalue weighted by Crippen LogP contribution is 2.40. The molecule has 0 aromatic heterocycles. The van der Waals surface area contributed by atoms with E-state index in [1.807, 2.05) is 0 Å². The van der Waals surface area contributed by atoms with Crippen LogP contribution in [0, 0.1) is 23.1 Å². The summed E-state index contributed by atoms with van der Waals surface area (Å²) in [6.07, 6.45) is 3.54. The first-order valence-electron chi connectivity index (χ1n) is 8.58. The molecule has 25 heavy (non-hydrogen) atoms. The van der Waals surface area contributed by atoms with Gasteiger partial charge in [-0.15, -0.1) is 0 Å². The van der Waals surface area contributed by atoms with Crippen molar-refractivity contribution < 1.29 is 18.7 Å². The fraction of sp³-hybridized carbons (Fsp3) is 0.579. The van der Waals surface area contributed by atoms with Crippen LogP contribution < -0.4 is 5.32 Å². The third kappa shape index (κ3) is 5.70. The second-order valence-corrected chi connectivity index (χ2v) is 8.13. The molecule has 1 aromatic rings. The number of rotatable bonds is 4. The van der Waals surface area contributed by atoms with Gasteiger partial charge in [0.1, 0.15) is 5.82 Å². The van der Waals surface area contributed by atoms with E-state index in [9.17, 15) is 14.0 Å². The number of hydrogen-bond donors (Lipinski definition) is 1. The molecule has 1 amide bonds. The zero-order valence-electron chi connectivity index (χ0n) is 14.9. The van der Waals surface area contributed by atoms with Crippen LogP contribution in [0.1, 0.15) is 46.5 Å². The van der Waals surface area contributed by atoms with Crippen LogP contribution >= 0.6 is 11.6 Å². The quantitative estimate of drug-likeness (QED) is 0.774. The lowest BCUT2D eigenvalue weighted by atomic mass is 9.70. The molecular formula is C19H25ClFNO3. The van der Waals surface area contributed by atoms with E-state index in [4.69, 9.17) is 16.3 Å². The topological polar surface area (TPSA) is 55.4 Å². The highest BCUT2D eigenvalue weighted by atomic mass is 35.5. The summed E-state index contributed by atoms with van der Waals surface area (Å²) in [4.78, 5) is 24.0. The Hall–Kier alpha value is -1.62. The normalized spacial score (nSPS) is 20.8. The van der Waals surface area contributed by atoms with Gasteiger partial charge in [-0.25, -0.2) is 4.39 Å². The minimum absolute atomic E-state index is 0.0285. The van der Waals surface area contributed by atoms with Crippen molar-refractivity contribution in [3.8, 4) is 0 Å². The van der Waals surface area contributed by atoms with Crippen molar-refractivity contribution in [1.29, 1.82) is 0 Å². The smallest absolute Gasteiger partial charge is 0.309 e. The van der Waals surface area contributed by atoms with E-state index in [-0.39, 0.29) is 23.0 Å². The number of hydrogen-bond acceptors (Lipinski definition) is 3. The van der Waals surface area contributed by atoms with Crippen molar-refractivity contribution in [2.45, 2.75) is 46.5 Å². The van der Waals surface area contributed by atoms with Crippen molar-refractivity contribution in [1.82, 2.24) is 0 Å². The van der Waals surface area contributed by atoms with Gasteiger partial charge >= 0.3 is 5.97 Å². The Balaban J connectivity index is 1.78. The molecule has 1 N–H and O–H groups in total. The first kappa shape index (κ1) is 19.7. The Morgan fingerprint density at radius 3 is 2.48 bits per heavy atom. The van der Waals surface area contributed by atoms with Gasteiger partial charge in [0, 0.05) is 5.02 Å². The fourth-order valence-electron chi connectivity index (χ4n) is 3.23. The number of ether oxygens (including phenoxy) is 1. The van der Waals surface area contributed by atoms with Crippen LogP contribution in [0.25, 0.3) is 0 Å².